The largest absolute Gasteiger partial charge is 0.461 e. The number of carbonyl (C=O) groups excluding carboxylic acids is 2. The zero-order chi connectivity index (χ0) is 26.1. The molecule has 1 aromatic carbocycles. The lowest BCUT2D eigenvalue weighted by molar-refractivity contribution is -0.145. The third-order valence-corrected chi connectivity index (χ3v) is 6.76. The van der Waals surface area contributed by atoms with E-state index >= 15 is 0 Å². The number of hydrogen-bond acceptors (Lipinski definition) is 4. The number of esters is 2. The third-order valence-electron chi connectivity index (χ3n) is 6.76. The molecule has 0 aliphatic heterocycles. The van der Waals surface area contributed by atoms with E-state index in [1.54, 1.807) is 0 Å². The molecule has 0 aliphatic carbocycles. The van der Waals surface area contributed by atoms with Gasteiger partial charge >= 0.3 is 11.9 Å². The van der Waals surface area contributed by atoms with Crippen molar-refractivity contribution in [2.75, 3.05) is 0 Å². The van der Waals surface area contributed by atoms with E-state index < -0.39 is 0 Å². The van der Waals surface area contributed by atoms with Crippen molar-refractivity contribution in [2.24, 2.45) is 0 Å². The minimum Gasteiger partial charge on any atom is -0.461 e. The second-order valence-corrected chi connectivity index (χ2v) is 10.3. The first kappa shape index (κ1) is 32.2. The van der Waals surface area contributed by atoms with Crippen molar-refractivity contribution in [3.05, 3.63) is 35.4 Å². The zero-order valence-electron chi connectivity index (χ0n) is 23.5. The van der Waals surface area contributed by atoms with Crippen LogP contribution in [0.15, 0.2) is 24.3 Å². The quantitative estimate of drug-likeness (QED) is 0.104. The summed E-state index contributed by atoms with van der Waals surface area (Å²) in [7, 11) is 0. The number of rotatable bonds is 24. The van der Waals surface area contributed by atoms with Gasteiger partial charge in [-0.3, -0.25) is 9.59 Å². The predicted octanol–water partition coefficient (Wildman–Crippen LogP) is 9.61. The Morgan fingerprint density at radius 3 is 1.22 bits per heavy atom. The fourth-order valence-corrected chi connectivity index (χ4v) is 4.44. The van der Waals surface area contributed by atoms with E-state index in [-0.39, 0.29) is 25.2 Å². The van der Waals surface area contributed by atoms with E-state index in [9.17, 15) is 9.59 Å². The second kappa shape index (κ2) is 23.6. The van der Waals surface area contributed by atoms with E-state index in [4.69, 9.17) is 9.47 Å². The molecule has 1 aromatic rings. The summed E-state index contributed by atoms with van der Waals surface area (Å²) in [6, 6.07) is 7.77. The van der Waals surface area contributed by atoms with E-state index in [2.05, 4.69) is 13.8 Å². The first-order valence-electron chi connectivity index (χ1n) is 15.0. The van der Waals surface area contributed by atoms with Crippen LogP contribution in [0.1, 0.15) is 153 Å². The molecule has 0 spiro atoms. The van der Waals surface area contributed by atoms with E-state index in [1.807, 2.05) is 24.3 Å². The van der Waals surface area contributed by atoms with Crippen molar-refractivity contribution >= 4 is 11.9 Å². The van der Waals surface area contributed by atoms with Gasteiger partial charge in [0.1, 0.15) is 13.2 Å². The normalized spacial score (nSPS) is 10.9. The maximum Gasteiger partial charge on any atom is 0.306 e. The van der Waals surface area contributed by atoms with E-state index in [1.165, 1.54) is 89.9 Å². The molecule has 0 saturated carbocycles. The summed E-state index contributed by atoms with van der Waals surface area (Å²) in [6.45, 7) is 5.03. The summed E-state index contributed by atoms with van der Waals surface area (Å²) in [4.78, 5) is 24.1. The lowest BCUT2D eigenvalue weighted by atomic mass is 10.1. The average molecular weight is 503 g/mol. The lowest BCUT2D eigenvalue weighted by Crippen LogP contribution is -2.06. The second-order valence-electron chi connectivity index (χ2n) is 10.3. The van der Waals surface area contributed by atoms with Crippen LogP contribution in [0.3, 0.4) is 0 Å². The summed E-state index contributed by atoms with van der Waals surface area (Å²) < 4.78 is 10.9. The monoisotopic (exact) mass is 502 g/mol. The SMILES string of the molecule is CCCCCCCCCCCC(=O)OCc1cccc(COC(=O)CCCCCCCCCCC)c1. The van der Waals surface area contributed by atoms with Crippen molar-refractivity contribution in [1.29, 1.82) is 0 Å². The molecule has 4 heteroatoms. The molecule has 0 atom stereocenters. The average Bonchev–Trinajstić information content (AvgIpc) is 2.89. The van der Waals surface area contributed by atoms with Crippen molar-refractivity contribution in [3.63, 3.8) is 0 Å². The van der Waals surface area contributed by atoms with Crippen LogP contribution in [-0.2, 0) is 32.3 Å². The molecule has 0 amide bonds. The molecule has 1 rings (SSSR count). The van der Waals surface area contributed by atoms with Gasteiger partial charge in [-0.05, 0) is 30.0 Å². The molecule has 0 unspecified atom stereocenters. The van der Waals surface area contributed by atoms with Crippen molar-refractivity contribution in [1.82, 2.24) is 0 Å². The number of ether oxygens (including phenoxy) is 2. The van der Waals surface area contributed by atoms with Crippen LogP contribution < -0.4 is 0 Å². The molecule has 0 saturated heterocycles. The Morgan fingerprint density at radius 2 is 0.861 bits per heavy atom. The Labute approximate surface area is 221 Å². The molecule has 4 nitrogen and oxygen atoms in total. The molecule has 36 heavy (non-hydrogen) atoms. The first-order valence-corrected chi connectivity index (χ1v) is 15.0. The predicted molar refractivity (Wildman–Crippen MR) is 150 cm³/mol. The van der Waals surface area contributed by atoms with Crippen molar-refractivity contribution < 1.29 is 19.1 Å². The molecule has 0 bridgehead atoms. The fourth-order valence-electron chi connectivity index (χ4n) is 4.44. The Balaban J connectivity index is 2.07. The van der Waals surface area contributed by atoms with Gasteiger partial charge in [-0.1, -0.05) is 135 Å². The first-order chi connectivity index (χ1) is 17.7. The Hall–Kier alpha value is -1.84. The minimum absolute atomic E-state index is 0.129. The van der Waals surface area contributed by atoms with Gasteiger partial charge in [-0.15, -0.1) is 0 Å². The van der Waals surface area contributed by atoms with Crippen LogP contribution >= 0.6 is 0 Å². The number of benzene rings is 1. The highest BCUT2D eigenvalue weighted by molar-refractivity contribution is 5.69. The number of hydrogen-bond donors (Lipinski definition) is 0. The van der Waals surface area contributed by atoms with Gasteiger partial charge in [-0.25, -0.2) is 0 Å². The van der Waals surface area contributed by atoms with E-state index in [0.717, 1.165) is 36.8 Å². The van der Waals surface area contributed by atoms with Gasteiger partial charge in [0.25, 0.3) is 0 Å². The highest BCUT2D eigenvalue weighted by Gasteiger charge is 2.06. The molecule has 206 valence electrons. The summed E-state index contributed by atoms with van der Waals surface area (Å²) in [5.74, 6) is -0.258. The van der Waals surface area contributed by atoms with Gasteiger partial charge in [0, 0.05) is 12.8 Å². The molecular formula is C32H54O4. The van der Waals surface area contributed by atoms with Crippen LogP contribution in [-0.4, -0.2) is 11.9 Å². The third kappa shape index (κ3) is 19.4. The molecular weight excluding hydrogens is 448 g/mol. The highest BCUT2D eigenvalue weighted by Crippen LogP contribution is 2.14. The van der Waals surface area contributed by atoms with Crippen LogP contribution in [0.5, 0.6) is 0 Å². The fraction of sp³-hybridized carbons (Fsp3) is 0.750. The van der Waals surface area contributed by atoms with Crippen LogP contribution in [0.25, 0.3) is 0 Å². The van der Waals surface area contributed by atoms with Crippen molar-refractivity contribution in [3.8, 4) is 0 Å². The highest BCUT2D eigenvalue weighted by atomic mass is 16.5. The Morgan fingerprint density at radius 1 is 0.528 bits per heavy atom. The van der Waals surface area contributed by atoms with Gasteiger partial charge in [0.2, 0.25) is 0 Å². The molecule has 0 N–H and O–H groups in total. The van der Waals surface area contributed by atoms with Gasteiger partial charge in [0.15, 0.2) is 0 Å². The van der Waals surface area contributed by atoms with Crippen LogP contribution in [0.4, 0.5) is 0 Å². The number of unbranched alkanes of at least 4 members (excludes halogenated alkanes) is 16. The standard InChI is InChI=1S/C32H54O4/c1-3-5-7-9-11-13-15-17-19-24-31(33)35-27-29-22-21-23-30(26-29)28-36-32(34)25-20-18-16-14-12-10-8-6-4-2/h21-23,26H,3-20,24-25,27-28H2,1-2H3. The summed E-state index contributed by atoms with van der Waals surface area (Å²) >= 11 is 0. The number of carbonyl (C=O) groups is 2. The van der Waals surface area contributed by atoms with Gasteiger partial charge in [0.05, 0.1) is 0 Å². The topological polar surface area (TPSA) is 52.6 Å². The summed E-state index contributed by atoms with van der Waals surface area (Å²) in [5, 5.41) is 0. The molecule has 0 heterocycles. The Kier molecular flexibility index (Phi) is 21.1. The molecule has 0 aliphatic rings. The molecule has 0 radical (unpaired) electrons. The van der Waals surface area contributed by atoms with Crippen LogP contribution in [0, 0.1) is 0 Å². The maximum atomic E-state index is 12.1. The lowest BCUT2D eigenvalue weighted by Gasteiger charge is -2.08. The van der Waals surface area contributed by atoms with Crippen LogP contribution in [0.2, 0.25) is 0 Å². The minimum atomic E-state index is -0.129. The van der Waals surface area contributed by atoms with E-state index in [0.29, 0.717) is 12.8 Å². The zero-order valence-corrected chi connectivity index (χ0v) is 23.5. The summed E-state index contributed by atoms with van der Waals surface area (Å²) in [6.07, 6.45) is 23.2. The smallest absolute Gasteiger partial charge is 0.306 e. The molecule has 0 aromatic heterocycles. The van der Waals surface area contributed by atoms with Crippen molar-refractivity contribution in [2.45, 2.75) is 155 Å². The summed E-state index contributed by atoms with van der Waals surface area (Å²) in [5.41, 5.74) is 1.87. The van der Waals surface area contributed by atoms with Gasteiger partial charge < -0.3 is 9.47 Å². The Bertz CT molecular complexity index is 617. The molecule has 0 fully saturated rings. The van der Waals surface area contributed by atoms with Gasteiger partial charge in [-0.2, -0.15) is 0 Å². The maximum absolute atomic E-state index is 12.1.